The summed E-state index contributed by atoms with van der Waals surface area (Å²) in [4.78, 5) is 16.9. The Morgan fingerprint density at radius 2 is 1.84 bits per heavy atom. The van der Waals surface area contributed by atoms with E-state index in [2.05, 4.69) is 4.90 Å². The van der Waals surface area contributed by atoms with Crippen LogP contribution in [0, 0.1) is 11.7 Å². The van der Waals surface area contributed by atoms with Crippen LogP contribution in [0.1, 0.15) is 31.2 Å². The molecule has 1 aromatic carbocycles. The SMILES string of the molecule is O=C(CCCc1ccccc1F)N1CCC(CN2CCOCC2)CC1. The van der Waals surface area contributed by atoms with Gasteiger partial charge in [-0.3, -0.25) is 9.69 Å². The van der Waals surface area contributed by atoms with Gasteiger partial charge in [0.15, 0.2) is 0 Å². The Kier molecular flexibility index (Phi) is 6.82. The summed E-state index contributed by atoms with van der Waals surface area (Å²) in [5.41, 5.74) is 0.708. The highest BCUT2D eigenvalue weighted by Crippen LogP contribution is 2.20. The fourth-order valence-electron chi connectivity index (χ4n) is 3.80. The van der Waals surface area contributed by atoms with E-state index in [4.69, 9.17) is 4.74 Å². The van der Waals surface area contributed by atoms with Gasteiger partial charge >= 0.3 is 0 Å². The van der Waals surface area contributed by atoms with Gasteiger partial charge < -0.3 is 9.64 Å². The standard InChI is InChI=1S/C20H29FN2O2/c21-19-6-2-1-4-18(19)5-3-7-20(24)23-10-8-17(9-11-23)16-22-12-14-25-15-13-22/h1-2,4,6,17H,3,5,7-16H2. The predicted octanol–water partition coefficient (Wildman–Crippen LogP) is 2.72. The maximum Gasteiger partial charge on any atom is 0.222 e. The lowest BCUT2D eigenvalue weighted by Crippen LogP contribution is -2.44. The molecule has 138 valence electrons. The van der Waals surface area contributed by atoms with E-state index in [-0.39, 0.29) is 11.7 Å². The van der Waals surface area contributed by atoms with Gasteiger partial charge in [-0.15, -0.1) is 0 Å². The number of carbonyl (C=O) groups excluding carboxylic acids is 1. The van der Waals surface area contributed by atoms with Gasteiger partial charge in [-0.05, 0) is 43.2 Å². The molecule has 2 fully saturated rings. The van der Waals surface area contributed by atoms with Crippen molar-refractivity contribution >= 4 is 5.91 Å². The first kappa shape index (κ1) is 18.3. The lowest BCUT2D eigenvalue weighted by atomic mass is 9.95. The number of rotatable bonds is 6. The Labute approximate surface area is 149 Å². The number of morpholine rings is 1. The van der Waals surface area contributed by atoms with Crippen molar-refractivity contribution in [2.45, 2.75) is 32.1 Å². The number of ether oxygens (including phenoxy) is 1. The molecule has 5 heteroatoms. The molecule has 0 atom stereocenters. The molecule has 0 aromatic heterocycles. The molecule has 1 amide bonds. The molecule has 0 unspecified atom stereocenters. The van der Waals surface area contributed by atoms with Crippen LogP contribution in [0.2, 0.25) is 0 Å². The number of piperidine rings is 1. The Bertz CT molecular complexity index is 552. The van der Waals surface area contributed by atoms with E-state index in [0.717, 1.165) is 58.8 Å². The third-order valence-electron chi connectivity index (χ3n) is 5.38. The highest BCUT2D eigenvalue weighted by molar-refractivity contribution is 5.76. The first-order valence-corrected chi connectivity index (χ1v) is 9.53. The summed E-state index contributed by atoms with van der Waals surface area (Å²) in [5.74, 6) is 0.751. The molecular weight excluding hydrogens is 319 g/mol. The summed E-state index contributed by atoms with van der Waals surface area (Å²) in [5, 5.41) is 0. The van der Waals surface area contributed by atoms with Crippen molar-refractivity contribution in [1.29, 1.82) is 0 Å². The van der Waals surface area contributed by atoms with Gasteiger partial charge in [0.2, 0.25) is 5.91 Å². The summed E-state index contributed by atoms with van der Waals surface area (Å²) >= 11 is 0. The first-order chi connectivity index (χ1) is 12.2. The van der Waals surface area contributed by atoms with E-state index in [9.17, 15) is 9.18 Å². The van der Waals surface area contributed by atoms with Gasteiger partial charge in [-0.25, -0.2) is 4.39 Å². The molecular formula is C20H29FN2O2. The second-order valence-electron chi connectivity index (χ2n) is 7.18. The number of carbonyl (C=O) groups is 1. The summed E-state index contributed by atoms with van der Waals surface area (Å²) in [6.45, 7) is 6.64. The van der Waals surface area contributed by atoms with Crippen LogP contribution in [-0.2, 0) is 16.0 Å². The minimum atomic E-state index is -0.168. The number of nitrogens with zero attached hydrogens (tertiary/aromatic N) is 2. The van der Waals surface area contributed by atoms with Crippen LogP contribution in [0.5, 0.6) is 0 Å². The molecule has 0 saturated carbocycles. The zero-order chi connectivity index (χ0) is 17.5. The normalized spacial score (nSPS) is 20.0. The van der Waals surface area contributed by atoms with Crippen molar-refractivity contribution in [3.05, 3.63) is 35.6 Å². The molecule has 2 aliphatic heterocycles. The van der Waals surface area contributed by atoms with Crippen molar-refractivity contribution in [3.8, 4) is 0 Å². The summed E-state index contributed by atoms with van der Waals surface area (Å²) in [7, 11) is 0. The van der Waals surface area contributed by atoms with Crippen LogP contribution in [0.4, 0.5) is 4.39 Å². The Hall–Kier alpha value is -1.46. The number of benzene rings is 1. The Balaban J connectivity index is 1.34. The quantitative estimate of drug-likeness (QED) is 0.792. The molecule has 0 bridgehead atoms. The van der Waals surface area contributed by atoms with Crippen LogP contribution in [0.3, 0.4) is 0 Å². The van der Waals surface area contributed by atoms with Crippen LogP contribution < -0.4 is 0 Å². The molecule has 0 aliphatic carbocycles. The van der Waals surface area contributed by atoms with Crippen molar-refractivity contribution in [1.82, 2.24) is 9.80 Å². The topological polar surface area (TPSA) is 32.8 Å². The van der Waals surface area contributed by atoms with E-state index in [1.165, 1.54) is 6.07 Å². The van der Waals surface area contributed by atoms with Crippen LogP contribution in [0.15, 0.2) is 24.3 Å². The number of likely N-dealkylation sites (tertiary alicyclic amines) is 1. The van der Waals surface area contributed by atoms with Gasteiger partial charge in [0.05, 0.1) is 13.2 Å². The fraction of sp³-hybridized carbons (Fsp3) is 0.650. The van der Waals surface area contributed by atoms with Gasteiger partial charge in [0.1, 0.15) is 5.82 Å². The minimum absolute atomic E-state index is 0.168. The fourth-order valence-corrected chi connectivity index (χ4v) is 3.80. The third-order valence-corrected chi connectivity index (χ3v) is 5.38. The van der Waals surface area contributed by atoms with Gasteiger partial charge in [0.25, 0.3) is 0 Å². The van der Waals surface area contributed by atoms with Crippen molar-refractivity contribution in [2.75, 3.05) is 45.9 Å². The molecule has 25 heavy (non-hydrogen) atoms. The van der Waals surface area contributed by atoms with E-state index < -0.39 is 0 Å². The maximum absolute atomic E-state index is 13.6. The zero-order valence-electron chi connectivity index (χ0n) is 15.0. The van der Waals surface area contributed by atoms with Crippen LogP contribution in [-0.4, -0.2) is 61.6 Å². The first-order valence-electron chi connectivity index (χ1n) is 9.53. The Morgan fingerprint density at radius 3 is 2.56 bits per heavy atom. The number of hydrogen-bond acceptors (Lipinski definition) is 3. The highest BCUT2D eigenvalue weighted by Gasteiger charge is 2.24. The molecule has 0 radical (unpaired) electrons. The van der Waals surface area contributed by atoms with E-state index in [1.54, 1.807) is 12.1 Å². The number of aryl methyl sites for hydroxylation is 1. The Morgan fingerprint density at radius 1 is 1.12 bits per heavy atom. The molecule has 4 nitrogen and oxygen atoms in total. The summed E-state index contributed by atoms with van der Waals surface area (Å²) in [6.07, 6.45) is 4.05. The van der Waals surface area contributed by atoms with Gasteiger partial charge in [-0.2, -0.15) is 0 Å². The molecule has 2 heterocycles. The second kappa shape index (κ2) is 9.30. The van der Waals surface area contributed by atoms with E-state index in [1.807, 2.05) is 11.0 Å². The lowest BCUT2D eigenvalue weighted by molar-refractivity contribution is -0.132. The smallest absolute Gasteiger partial charge is 0.222 e. The summed E-state index contributed by atoms with van der Waals surface area (Å²) in [6, 6.07) is 6.83. The van der Waals surface area contributed by atoms with E-state index >= 15 is 0 Å². The summed E-state index contributed by atoms with van der Waals surface area (Å²) < 4.78 is 19.0. The third kappa shape index (κ3) is 5.51. The lowest BCUT2D eigenvalue weighted by Gasteiger charge is -2.36. The maximum atomic E-state index is 13.6. The van der Waals surface area contributed by atoms with E-state index in [0.29, 0.717) is 30.7 Å². The van der Waals surface area contributed by atoms with Crippen molar-refractivity contribution in [2.24, 2.45) is 5.92 Å². The molecule has 0 spiro atoms. The van der Waals surface area contributed by atoms with Crippen molar-refractivity contribution in [3.63, 3.8) is 0 Å². The van der Waals surface area contributed by atoms with Crippen LogP contribution >= 0.6 is 0 Å². The second-order valence-corrected chi connectivity index (χ2v) is 7.18. The van der Waals surface area contributed by atoms with Gasteiger partial charge in [0, 0.05) is 39.1 Å². The molecule has 1 aromatic rings. The minimum Gasteiger partial charge on any atom is -0.379 e. The highest BCUT2D eigenvalue weighted by atomic mass is 19.1. The van der Waals surface area contributed by atoms with Crippen molar-refractivity contribution < 1.29 is 13.9 Å². The van der Waals surface area contributed by atoms with Gasteiger partial charge in [-0.1, -0.05) is 18.2 Å². The monoisotopic (exact) mass is 348 g/mol. The largest absolute Gasteiger partial charge is 0.379 e. The molecule has 0 N–H and O–H groups in total. The zero-order valence-corrected chi connectivity index (χ0v) is 15.0. The number of amides is 1. The predicted molar refractivity (Wildman–Crippen MR) is 95.9 cm³/mol. The number of halogens is 1. The van der Waals surface area contributed by atoms with Crippen LogP contribution in [0.25, 0.3) is 0 Å². The molecule has 2 aliphatic rings. The number of hydrogen-bond donors (Lipinski definition) is 0. The average molecular weight is 348 g/mol. The molecule has 3 rings (SSSR count). The average Bonchev–Trinajstić information content (AvgIpc) is 2.65. The molecule has 2 saturated heterocycles.